The van der Waals surface area contributed by atoms with Gasteiger partial charge in [0.2, 0.25) is 5.82 Å². The van der Waals surface area contributed by atoms with Gasteiger partial charge in [0.25, 0.3) is 5.89 Å². The topological polar surface area (TPSA) is 68.5 Å². The van der Waals surface area contributed by atoms with Crippen LogP contribution in [0.15, 0.2) is 65.2 Å². The number of carbonyl (C=O) groups is 1. The molecule has 2 aromatic carbocycles. The summed E-state index contributed by atoms with van der Waals surface area (Å²) in [6.07, 6.45) is 5.50. The van der Waals surface area contributed by atoms with Gasteiger partial charge in [-0.1, -0.05) is 72.2 Å². The number of aromatic nitrogens is 2. The summed E-state index contributed by atoms with van der Waals surface area (Å²) in [7, 11) is 0. The Morgan fingerprint density at radius 3 is 2.37 bits per heavy atom. The molecule has 0 aliphatic carbocycles. The lowest BCUT2D eigenvalue weighted by Gasteiger charge is -2.52. The molecular weight excluding hydrogens is 500 g/mol. The number of ether oxygens (including phenoxy) is 1. The number of hydrogen-bond donors (Lipinski definition) is 0. The molecule has 4 aliphatic heterocycles. The molecule has 0 radical (unpaired) electrons. The number of fused-ring (bicyclic) bond motifs is 3. The molecule has 8 heteroatoms. The number of benzene rings is 2. The number of esters is 1. The largest absolute Gasteiger partial charge is 1.00 e. The van der Waals surface area contributed by atoms with Crippen LogP contribution in [0.3, 0.4) is 0 Å². The molecule has 0 saturated carbocycles. The van der Waals surface area contributed by atoms with Crippen LogP contribution in [-0.4, -0.2) is 64.3 Å². The summed E-state index contributed by atoms with van der Waals surface area (Å²) < 4.78 is 13.0. The first-order valence-corrected chi connectivity index (χ1v) is 13.8. The van der Waals surface area contributed by atoms with Crippen molar-refractivity contribution in [3.8, 4) is 11.4 Å². The first-order chi connectivity index (χ1) is 18.1. The minimum atomic E-state index is -0.768. The number of rotatable bonds is 7. The second kappa shape index (κ2) is 11.2. The summed E-state index contributed by atoms with van der Waals surface area (Å²) in [6.45, 7) is 7.52. The maximum Gasteiger partial charge on any atom is 0.331 e. The predicted molar refractivity (Wildman–Crippen MR) is 140 cm³/mol. The van der Waals surface area contributed by atoms with Crippen LogP contribution in [0.2, 0.25) is 0 Å². The first-order valence-electron chi connectivity index (χ1n) is 13.8. The molecule has 0 N–H and O–H groups in total. The van der Waals surface area contributed by atoms with Gasteiger partial charge in [0.15, 0.2) is 12.6 Å². The van der Waals surface area contributed by atoms with Crippen molar-refractivity contribution >= 4 is 5.97 Å². The number of carbonyl (C=O) groups excluding carboxylic acids is 1. The smallest absolute Gasteiger partial charge is 0.331 e. The van der Waals surface area contributed by atoms with Crippen molar-refractivity contribution in [3.63, 3.8) is 0 Å². The van der Waals surface area contributed by atoms with E-state index in [9.17, 15) is 4.79 Å². The van der Waals surface area contributed by atoms with Gasteiger partial charge >= 0.3 is 5.97 Å². The molecular formula is C30H37ClN4O3. The van der Waals surface area contributed by atoms with Crippen molar-refractivity contribution in [3.05, 3.63) is 72.1 Å². The maximum atomic E-state index is 14.0. The average Bonchev–Trinajstić information content (AvgIpc) is 3.42. The lowest BCUT2D eigenvalue weighted by atomic mass is 9.82. The molecule has 7 rings (SSSR count). The number of quaternary nitrogens is 1. The van der Waals surface area contributed by atoms with E-state index in [1.165, 1.54) is 6.42 Å². The van der Waals surface area contributed by atoms with Gasteiger partial charge in [0.05, 0.1) is 13.1 Å². The van der Waals surface area contributed by atoms with Crippen molar-refractivity contribution in [2.24, 2.45) is 5.92 Å². The van der Waals surface area contributed by atoms with Crippen LogP contribution in [-0.2, 0) is 21.6 Å². The fraction of sp³-hybridized carbons (Fsp3) is 0.500. The predicted octanol–water partition coefficient (Wildman–Crippen LogP) is 1.79. The van der Waals surface area contributed by atoms with E-state index in [-0.39, 0.29) is 24.5 Å². The van der Waals surface area contributed by atoms with Crippen LogP contribution in [0.4, 0.5) is 0 Å². The molecule has 38 heavy (non-hydrogen) atoms. The summed E-state index contributed by atoms with van der Waals surface area (Å²) in [5, 5.41) is 4.23. The Bertz CT molecular complexity index is 1210. The van der Waals surface area contributed by atoms with E-state index in [1.54, 1.807) is 0 Å². The van der Waals surface area contributed by atoms with E-state index < -0.39 is 5.54 Å². The van der Waals surface area contributed by atoms with Gasteiger partial charge in [-0.25, -0.2) is 4.79 Å². The van der Waals surface area contributed by atoms with Crippen molar-refractivity contribution < 1.29 is 30.9 Å². The maximum absolute atomic E-state index is 14.0. The molecule has 4 aliphatic rings. The van der Waals surface area contributed by atoms with E-state index in [0.29, 0.717) is 24.2 Å². The van der Waals surface area contributed by atoms with E-state index in [0.717, 1.165) is 74.0 Å². The molecule has 0 unspecified atom stereocenters. The molecule has 2 bridgehead atoms. The molecule has 4 fully saturated rings. The van der Waals surface area contributed by atoms with E-state index in [4.69, 9.17) is 14.2 Å². The average molecular weight is 537 g/mol. The van der Waals surface area contributed by atoms with Crippen LogP contribution in [0.1, 0.15) is 50.5 Å². The Balaban J connectivity index is 0.00000294. The fourth-order valence-electron chi connectivity index (χ4n) is 6.67. The van der Waals surface area contributed by atoms with Crippen LogP contribution in [0, 0.1) is 5.92 Å². The summed E-state index contributed by atoms with van der Waals surface area (Å²) in [5.41, 5.74) is 1.21. The molecule has 2 atom stereocenters. The van der Waals surface area contributed by atoms with Gasteiger partial charge in [-0.05, 0) is 38.4 Å². The first kappa shape index (κ1) is 26.9. The fourth-order valence-corrected chi connectivity index (χ4v) is 6.67. The van der Waals surface area contributed by atoms with E-state index in [1.807, 2.05) is 48.5 Å². The Hall–Kier alpha value is -2.74. The van der Waals surface area contributed by atoms with Crippen molar-refractivity contribution in [2.45, 2.75) is 57.2 Å². The highest BCUT2D eigenvalue weighted by Crippen LogP contribution is 2.39. The standard InChI is InChI=1S/C30H37N4O3.ClH/c1-30(25-13-7-3-8-14-25,33-17-9-4-10-18-33)29(35)36-26-21-34(19-15-23(26)16-20-34)22-27-31-28(32-37-27)24-11-5-2-6-12-24;/h2-3,5-8,11-14,23,26H,4,9-10,15-22H2,1H3;1H/q+1;/p-1/t23?,26-,30+,34?;/m0./s1. The van der Waals surface area contributed by atoms with Gasteiger partial charge in [0.1, 0.15) is 12.1 Å². The number of halogens is 1. The normalized spacial score (nSPS) is 26.8. The minimum Gasteiger partial charge on any atom is -1.00 e. The highest BCUT2D eigenvalue weighted by atomic mass is 35.5. The summed E-state index contributed by atoms with van der Waals surface area (Å²) in [5.74, 6) is 1.60. The highest BCUT2D eigenvalue weighted by molar-refractivity contribution is 5.82. The molecule has 202 valence electrons. The van der Waals surface area contributed by atoms with Gasteiger partial charge in [-0.15, -0.1) is 0 Å². The quantitative estimate of drug-likeness (QED) is 0.339. The molecule has 1 aromatic heterocycles. The van der Waals surface area contributed by atoms with Crippen LogP contribution in [0.5, 0.6) is 0 Å². The zero-order valence-electron chi connectivity index (χ0n) is 22.1. The Morgan fingerprint density at radius 1 is 1.03 bits per heavy atom. The van der Waals surface area contributed by atoms with Gasteiger partial charge in [0, 0.05) is 24.3 Å². The number of likely N-dealkylation sites (tertiary alicyclic amines) is 1. The summed E-state index contributed by atoms with van der Waals surface area (Å²) >= 11 is 0. The Morgan fingerprint density at radius 2 is 1.68 bits per heavy atom. The number of hydrogen-bond acceptors (Lipinski definition) is 6. The van der Waals surface area contributed by atoms with Gasteiger partial charge in [-0.3, -0.25) is 4.90 Å². The monoisotopic (exact) mass is 536 g/mol. The van der Waals surface area contributed by atoms with Crippen LogP contribution in [0.25, 0.3) is 11.4 Å². The molecule has 0 spiro atoms. The van der Waals surface area contributed by atoms with Crippen LogP contribution >= 0.6 is 0 Å². The number of piperidine rings is 4. The molecule has 7 nitrogen and oxygen atoms in total. The second-order valence-corrected chi connectivity index (χ2v) is 11.3. The second-order valence-electron chi connectivity index (χ2n) is 11.3. The van der Waals surface area contributed by atoms with E-state index >= 15 is 0 Å². The van der Waals surface area contributed by atoms with Crippen molar-refractivity contribution in [1.29, 1.82) is 0 Å². The Labute approximate surface area is 231 Å². The summed E-state index contributed by atoms with van der Waals surface area (Å²) in [6, 6.07) is 20.1. The van der Waals surface area contributed by atoms with Gasteiger partial charge < -0.3 is 26.2 Å². The molecule has 0 amide bonds. The lowest BCUT2D eigenvalue weighted by molar-refractivity contribution is -0.959. The number of nitrogens with zero attached hydrogens (tertiary/aromatic N) is 4. The lowest BCUT2D eigenvalue weighted by Crippen LogP contribution is -3.00. The third-order valence-electron chi connectivity index (χ3n) is 8.99. The van der Waals surface area contributed by atoms with Crippen molar-refractivity contribution in [2.75, 3.05) is 32.7 Å². The van der Waals surface area contributed by atoms with Crippen molar-refractivity contribution in [1.82, 2.24) is 15.0 Å². The minimum absolute atomic E-state index is 0. The highest BCUT2D eigenvalue weighted by Gasteiger charge is 2.51. The zero-order chi connectivity index (χ0) is 25.3. The molecule has 4 saturated heterocycles. The Kier molecular flexibility index (Phi) is 7.89. The van der Waals surface area contributed by atoms with Crippen LogP contribution < -0.4 is 12.4 Å². The third-order valence-corrected chi connectivity index (χ3v) is 8.99. The summed E-state index contributed by atoms with van der Waals surface area (Å²) in [4.78, 5) is 21.1. The van der Waals surface area contributed by atoms with Gasteiger partial charge in [-0.2, -0.15) is 4.98 Å². The molecule has 5 heterocycles. The SMILES string of the molecule is C[C@](C(=O)O[C@H]1C[N+]2(Cc3nc(-c4ccccc4)no3)CCC1CC2)(c1ccccc1)N1CCCCC1.[Cl-]. The molecule has 3 aromatic rings. The zero-order valence-corrected chi connectivity index (χ0v) is 22.9. The third kappa shape index (κ3) is 5.12. The van der Waals surface area contributed by atoms with E-state index in [2.05, 4.69) is 29.1 Å².